The molecule has 0 aromatic heterocycles. The van der Waals surface area contributed by atoms with Crippen molar-refractivity contribution in [2.75, 3.05) is 13.1 Å². The summed E-state index contributed by atoms with van der Waals surface area (Å²) in [7, 11) is 0. The molecule has 0 bridgehead atoms. The van der Waals surface area contributed by atoms with Crippen molar-refractivity contribution in [2.45, 2.75) is 0 Å². The average Bonchev–Trinajstić information content (AvgIpc) is 1.90. The summed E-state index contributed by atoms with van der Waals surface area (Å²) in [6, 6.07) is 0. The van der Waals surface area contributed by atoms with Crippen LogP contribution in [0, 0.1) is 5.41 Å². The zero-order chi connectivity index (χ0) is 5.82. The lowest BCUT2D eigenvalue weighted by Crippen LogP contribution is -2.08. The third-order valence-electron chi connectivity index (χ3n) is 0.895. The number of aliphatic imine (C=N–C) groups is 2. The lowest BCUT2D eigenvalue weighted by atomic mass is 10.4. The van der Waals surface area contributed by atoms with E-state index in [9.17, 15) is 0 Å². The molecule has 0 saturated carbocycles. The first-order valence-corrected chi connectivity index (χ1v) is 2.48. The molecular weight excluding hydrogens is 102 g/mol. The number of hydrogen-bond acceptors (Lipinski definition) is 3. The summed E-state index contributed by atoms with van der Waals surface area (Å²) in [4.78, 5) is 7.89. The fourth-order valence-corrected chi connectivity index (χ4v) is 0.519. The minimum atomic E-state index is 0.677. The van der Waals surface area contributed by atoms with Crippen molar-refractivity contribution in [1.29, 1.82) is 5.41 Å². The predicted molar refractivity (Wildman–Crippen MR) is 34.4 cm³/mol. The molecule has 0 spiro atoms. The highest BCUT2D eigenvalue weighted by atomic mass is 14.9. The first-order valence-electron chi connectivity index (χ1n) is 2.48. The first kappa shape index (κ1) is 5.15. The van der Waals surface area contributed by atoms with Crippen molar-refractivity contribution in [2.24, 2.45) is 9.98 Å². The van der Waals surface area contributed by atoms with E-state index in [4.69, 9.17) is 5.41 Å². The predicted octanol–water partition coefficient (Wildman–Crippen LogP) is 0.161. The minimum Gasteiger partial charge on any atom is -0.306 e. The number of nitrogens with one attached hydrogen (secondary N) is 1. The van der Waals surface area contributed by atoms with Crippen LogP contribution in [0.1, 0.15) is 0 Å². The lowest BCUT2D eigenvalue weighted by molar-refractivity contribution is 0.974. The molecule has 0 aromatic carbocycles. The Labute approximate surface area is 47.7 Å². The molecule has 0 atom stereocenters. The van der Waals surface area contributed by atoms with Crippen LogP contribution in [-0.2, 0) is 0 Å². The van der Waals surface area contributed by atoms with Gasteiger partial charge in [-0.15, -0.1) is 0 Å². The van der Waals surface area contributed by atoms with Crippen molar-refractivity contribution in [3.05, 3.63) is 0 Å². The monoisotopic (exact) mass is 109 g/mol. The van der Waals surface area contributed by atoms with Crippen LogP contribution in [0.4, 0.5) is 0 Å². The summed E-state index contributed by atoms with van der Waals surface area (Å²) in [6.45, 7) is 1.51. The molecule has 1 aliphatic heterocycles. The molecule has 0 aromatic rings. The molecular formula is C5H7N3. The van der Waals surface area contributed by atoms with Crippen LogP contribution in [0.15, 0.2) is 9.98 Å². The van der Waals surface area contributed by atoms with Gasteiger partial charge >= 0.3 is 0 Å². The average molecular weight is 109 g/mol. The Hall–Kier alpha value is -0.990. The molecule has 42 valence electrons. The van der Waals surface area contributed by atoms with Crippen LogP contribution in [0.25, 0.3) is 0 Å². The smallest absolute Gasteiger partial charge is 0.0928 e. The van der Waals surface area contributed by atoms with Crippen molar-refractivity contribution < 1.29 is 0 Å². The van der Waals surface area contributed by atoms with E-state index >= 15 is 0 Å². The van der Waals surface area contributed by atoms with Gasteiger partial charge in [0, 0.05) is 12.4 Å². The molecule has 0 radical (unpaired) electrons. The van der Waals surface area contributed by atoms with Crippen molar-refractivity contribution in [1.82, 2.24) is 0 Å². The Morgan fingerprint density at radius 2 is 2.50 bits per heavy atom. The normalized spacial score (nSPS) is 17.8. The quantitative estimate of drug-likeness (QED) is 0.466. The molecule has 0 saturated heterocycles. The fraction of sp³-hybridized carbons (Fsp3) is 0.400. The van der Waals surface area contributed by atoms with Crippen LogP contribution in [0.3, 0.4) is 0 Å². The van der Waals surface area contributed by atoms with Gasteiger partial charge in [0.15, 0.2) is 0 Å². The molecule has 0 unspecified atom stereocenters. The molecule has 3 heteroatoms. The van der Waals surface area contributed by atoms with Crippen LogP contribution < -0.4 is 0 Å². The van der Waals surface area contributed by atoms with Gasteiger partial charge in [-0.2, -0.15) is 0 Å². The lowest BCUT2D eigenvalue weighted by Gasteiger charge is -1.96. The van der Waals surface area contributed by atoms with E-state index in [0.717, 1.165) is 13.1 Å². The van der Waals surface area contributed by atoms with Gasteiger partial charge < -0.3 is 5.41 Å². The van der Waals surface area contributed by atoms with Gasteiger partial charge in [-0.25, -0.2) is 0 Å². The Balaban J connectivity index is 2.64. The maximum Gasteiger partial charge on any atom is 0.0928 e. The molecule has 1 rings (SSSR count). The number of nitrogens with zero attached hydrogens (tertiary/aromatic N) is 2. The second kappa shape index (κ2) is 2.35. The Morgan fingerprint density at radius 1 is 1.62 bits per heavy atom. The van der Waals surface area contributed by atoms with E-state index in [1.807, 2.05) is 0 Å². The highest BCUT2D eigenvalue weighted by Gasteiger charge is 1.92. The first-order chi connectivity index (χ1) is 3.93. The van der Waals surface area contributed by atoms with E-state index in [2.05, 4.69) is 9.98 Å². The maximum atomic E-state index is 6.75. The van der Waals surface area contributed by atoms with Gasteiger partial charge in [-0.05, 0) is 0 Å². The summed E-state index contributed by atoms with van der Waals surface area (Å²) in [6.07, 6.45) is 2.83. The Morgan fingerprint density at radius 3 is 2.88 bits per heavy atom. The summed E-state index contributed by atoms with van der Waals surface area (Å²) in [5.74, 6) is 0. The second-order valence-electron chi connectivity index (χ2n) is 1.49. The maximum absolute atomic E-state index is 6.75. The van der Waals surface area contributed by atoms with Crippen molar-refractivity contribution in [3.63, 3.8) is 0 Å². The van der Waals surface area contributed by atoms with E-state index in [1.165, 1.54) is 6.21 Å². The van der Waals surface area contributed by atoms with Gasteiger partial charge in [0.1, 0.15) is 0 Å². The highest BCUT2D eigenvalue weighted by Crippen LogP contribution is 1.82. The molecule has 1 heterocycles. The van der Waals surface area contributed by atoms with Crippen LogP contribution in [0.2, 0.25) is 0 Å². The summed E-state index contributed by atoms with van der Waals surface area (Å²) in [5, 5.41) is 6.75. The number of hydrogen-bond donors (Lipinski definition) is 1. The van der Waals surface area contributed by atoms with Crippen LogP contribution in [-0.4, -0.2) is 31.2 Å². The third kappa shape index (κ3) is 0.992. The molecule has 0 fully saturated rings. The molecule has 0 amide bonds. The van der Waals surface area contributed by atoms with Crippen molar-refractivity contribution in [3.8, 4) is 0 Å². The zero-order valence-corrected chi connectivity index (χ0v) is 4.46. The topological polar surface area (TPSA) is 48.6 Å². The third-order valence-corrected chi connectivity index (χ3v) is 0.895. The molecule has 1 N–H and O–H groups in total. The van der Waals surface area contributed by atoms with Crippen LogP contribution >= 0.6 is 0 Å². The van der Waals surface area contributed by atoms with E-state index in [0.29, 0.717) is 5.71 Å². The van der Waals surface area contributed by atoms with E-state index < -0.39 is 0 Å². The number of rotatable bonds is 1. The highest BCUT2D eigenvalue weighted by molar-refractivity contribution is 6.55. The summed E-state index contributed by atoms with van der Waals surface area (Å²) >= 11 is 0. The van der Waals surface area contributed by atoms with Gasteiger partial charge in [-0.3, -0.25) is 9.98 Å². The minimum absolute atomic E-state index is 0.677. The van der Waals surface area contributed by atoms with E-state index in [1.54, 1.807) is 6.21 Å². The molecule has 8 heavy (non-hydrogen) atoms. The standard InChI is InChI=1S/C5H7N3/c6-3-5-4-7-1-2-8-5/h3-4,6H,1-2H2. The summed E-state index contributed by atoms with van der Waals surface area (Å²) < 4.78 is 0. The molecule has 3 nitrogen and oxygen atoms in total. The zero-order valence-electron chi connectivity index (χ0n) is 4.46. The van der Waals surface area contributed by atoms with Crippen LogP contribution in [0.5, 0.6) is 0 Å². The molecule has 1 aliphatic rings. The summed E-state index contributed by atoms with van der Waals surface area (Å²) in [5.41, 5.74) is 0.677. The largest absolute Gasteiger partial charge is 0.306 e. The van der Waals surface area contributed by atoms with Gasteiger partial charge in [-0.1, -0.05) is 0 Å². The SMILES string of the molecule is N=CC1=NCCN=C1. The Bertz CT molecular complexity index is 146. The van der Waals surface area contributed by atoms with Crippen molar-refractivity contribution >= 4 is 18.1 Å². The Kier molecular flexibility index (Phi) is 1.51. The van der Waals surface area contributed by atoms with E-state index in [-0.39, 0.29) is 0 Å². The fourth-order valence-electron chi connectivity index (χ4n) is 0.519. The van der Waals surface area contributed by atoms with Gasteiger partial charge in [0.05, 0.1) is 18.8 Å². The molecule has 0 aliphatic carbocycles. The van der Waals surface area contributed by atoms with Gasteiger partial charge in [0.2, 0.25) is 0 Å². The second-order valence-corrected chi connectivity index (χ2v) is 1.49. The van der Waals surface area contributed by atoms with Gasteiger partial charge in [0.25, 0.3) is 0 Å².